The molecule has 0 atom stereocenters. The molecule has 0 aliphatic rings. The molecule has 0 N–H and O–H groups in total. The maximum absolute atomic E-state index is 12.5. The third-order valence-corrected chi connectivity index (χ3v) is 9.64. The fraction of sp³-hybridized carbons (Fsp3) is 0.0455. The minimum atomic E-state index is -0.0378. The quantitative estimate of drug-likeness (QED) is 0.175. The molecule has 9 rings (SSSR count). The summed E-state index contributed by atoms with van der Waals surface area (Å²) in [5.74, 6) is 1.84. The van der Waals surface area contributed by atoms with Crippen LogP contribution < -0.4 is 5.69 Å². The Morgan fingerprint density at radius 2 is 0.940 bits per heavy atom. The molecule has 9 aromatic rings. The Kier molecular flexibility index (Phi) is 6.95. The Balaban J connectivity index is 1.11. The van der Waals surface area contributed by atoms with Gasteiger partial charge in [-0.05, 0) is 55.9 Å². The highest BCUT2D eigenvalue weighted by molar-refractivity contribution is 6.14. The first-order chi connectivity index (χ1) is 24.5. The van der Waals surface area contributed by atoms with Crippen molar-refractivity contribution in [2.24, 2.45) is 14.1 Å². The first-order valence-electron chi connectivity index (χ1n) is 16.6. The third kappa shape index (κ3) is 4.97. The molecule has 0 saturated carbocycles. The van der Waals surface area contributed by atoms with Gasteiger partial charge in [-0.3, -0.25) is 9.13 Å². The van der Waals surface area contributed by atoms with Gasteiger partial charge in [0, 0.05) is 30.8 Å². The monoisotopic (exact) mass is 645 g/mol. The van der Waals surface area contributed by atoms with E-state index in [0.717, 1.165) is 44.4 Å². The summed E-state index contributed by atoms with van der Waals surface area (Å²) in [5.41, 5.74) is 8.90. The first-order valence-corrected chi connectivity index (χ1v) is 16.6. The number of fused-ring (bicyclic) bond motifs is 4. The van der Waals surface area contributed by atoms with E-state index < -0.39 is 0 Å². The normalized spacial score (nSPS) is 11.5. The van der Waals surface area contributed by atoms with E-state index in [1.165, 1.54) is 27.1 Å². The highest BCUT2D eigenvalue weighted by Crippen LogP contribution is 2.35. The second-order valence-electron chi connectivity index (χ2n) is 12.6. The average Bonchev–Trinajstić information content (AvgIpc) is 3.40. The van der Waals surface area contributed by atoms with Gasteiger partial charge >= 0.3 is 5.69 Å². The van der Waals surface area contributed by atoms with Crippen molar-refractivity contribution in [1.29, 1.82) is 0 Å². The summed E-state index contributed by atoms with van der Waals surface area (Å²) in [5, 5.41) is 4.95. The van der Waals surface area contributed by atoms with Crippen molar-refractivity contribution in [3.63, 3.8) is 0 Å². The number of rotatable bonds is 5. The van der Waals surface area contributed by atoms with Gasteiger partial charge in [-0.25, -0.2) is 19.7 Å². The van der Waals surface area contributed by atoms with Crippen LogP contribution in [0.5, 0.6) is 0 Å². The molecule has 0 aliphatic heterocycles. The fourth-order valence-corrected chi connectivity index (χ4v) is 6.95. The molecular weight excluding hydrogens is 615 g/mol. The number of hydrogen-bond donors (Lipinski definition) is 0. The molecule has 50 heavy (non-hydrogen) atoms. The van der Waals surface area contributed by atoms with Crippen LogP contribution in [0.1, 0.15) is 0 Å². The van der Waals surface area contributed by atoms with Gasteiger partial charge in [0.1, 0.15) is 0 Å². The summed E-state index contributed by atoms with van der Waals surface area (Å²) in [7, 11) is 3.60. The maximum Gasteiger partial charge on any atom is 0.328 e. The smallest absolute Gasteiger partial charge is 0.295 e. The minimum absolute atomic E-state index is 0.0378. The van der Waals surface area contributed by atoms with Gasteiger partial charge < -0.3 is 0 Å². The predicted molar refractivity (Wildman–Crippen MR) is 204 cm³/mol. The van der Waals surface area contributed by atoms with E-state index in [0.29, 0.717) is 17.5 Å². The summed E-state index contributed by atoms with van der Waals surface area (Å²) in [4.78, 5) is 27.4. The van der Waals surface area contributed by atoms with Crippen molar-refractivity contribution in [2.45, 2.75) is 0 Å². The molecule has 0 saturated heterocycles. The topological polar surface area (TPSA) is 65.6 Å². The summed E-state index contributed by atoms with van der Waals surface area (Å²) in [6, 6.07) is 52.3. The van der Waals surface area contributed by atoms with Crippen LogP contribution in [-0.4, -0.2) is 24.1 Å². The molecule has 2 heterocycles. The van der Waals surface area contributed by atoms with Crippen molar-refractivity contribution < 1.29 is 0 Å². The molecule has 0 bridgehead atoms. The Morgan fingerprint density at radius 3 is 1.64 bits per heavy atom. The highest BCUT2D eigenvalue weighted by atomic mass is 16.1. The molecular formula is C44H31N5O. The van der Waals surface area contributed by atoms with Crippen LogP contribution in [0.4, 0.5) is 0 Å². The molecule has 238 valence electrons. The van der Waals surface area contributed by atoms with E-state index in [2.05, 4.69) is 103 Å². The van der Waals surface area contributed by atoms with E-state index in [9.17, 15) is 4.79 Å². The Bertz CT molecular complexity index is 2780. The van der Waals surface area contributed by atoms with Crippen molar-refractivity contribution in [1.82, 2.24) is 24.1 Å². The van der Waals surface area contributed by atoms with Crippen molar-refractivity contribution >= 4 is 32.6 Å². The minimum Gasteiger partial charge on any atom is -0.295 e. The number of hydrogen-bond acceptors (Lipinski definition) is 4. The SMILES string of the molecule is Cn1c(=O)n(C)c2cc(-c3ccc(-c4nc(-c5ccccc5)nc(-c5ccc(-c6cccc7ccc8ccccc8c67)cc5)n4)cc3)ccc21. The molecule has 6 heteroatoms. The molecule has 0 aliphatic carbocycles. The van der Waals surface area contributed by atoms with Crippen LogP contribution in [0.15, 0.2) is 156 Å². The number of aromatic nitrogens is 5. The van der Waals surface area contributed by atoms with Crippen molar-refractivity contribution in [3.8, 4) is 56.4 Å². The zero-order valence-electron chi connectivity index (χ0n) is 27.6. The lowest BCUT2D eigenvalue weighted by Gasteiger charge is -2.12. The van der Waals surface area contributed by atoms with Gasteiger partial charge in [0.25, 0.3) is 0 Å². The van der Waals surface area contributed by atoms with Crippen LogP contribution in [0.25, 0.3) is 89.0 Å². The van der Waals surface area contributed by atoms with Crippen molar-refractivity contribution in [3.05, 3.63) is 162 Å². The number of imidazole rings is 1. The fourth-order valence-electron chi connectivity index (χ4n) is 6.95. The van der Waals surface area contributed by atoms with Gasteiger partial charge in [-0.2, -0.15) is 0 Å². The van der Waals surface area contributed by atoms with Crippen LogP contribution in [0.2, 0.25) is 0 Å². The summed E-state index contributed by atoms with van der Waals surface area (Å²) >= 11 is 0. The number of benzene rings is 7. The molecule has 6 nitrogen and oxygen atoms in total. The largest absolute Gasteiger partial charge is 0.328 e. The van der Waals surface area contributed by atoms with E-state index in [4.69, 9.17) is 15.0 Å². The van der Waals surface area contributed by atoms with Gasteiger partial charge in [-0.1, -0.05) is 140 Å². The Hall–Kier alpha value is -6.66. The molecule has 0 unspecified atom stereocenters. The number of nitrogens with zero attached hydrogens (tertiary/aromatic N) is 5. The molecule has 0 radical (unpaired) electrons. The van der Waals surface area contributed by atoms with Crippen LogP contribution >= 0.6 is 0 Å². The van der Waals surface area contributed by atoms with Gasteiger partial charge in [0.05, 0.1) is 11.0 Å². The molecule has 0 amide bonds. The van der Waals surface area contributed by atoms with Crippen LogP contribution in [0, 0.1) is 0 Å². The zero-order valence-corrected chi connectivity index (χ0v) is 27.6. The van der Waals surface area contributed by atoms with Gasteiger partial charge in [-0.15, -0.1) is 0 Å². The van der Waals surface area contributed by atoms with Gasteiger partial charge in [0.15, 0.2) is 17.5 Å². The predicted octanol–water partition coefficient (Wildman–Crippen LogP) is 9.70. The highest BCUT2D eigenvalue weighted by Gasteiger charge is 2.15. The van der Waals surface area contributed by atoms with E-state index in [1.807, 2.05) is 48.5 Å². The third-order valence-electron chi connectivity index (χ3n) is 9.64. The lowest BCUT2D eigenvalue weighted by molar-refractivity contribution is 0.795. The van der Waals surface area contributed by atoms with Crippen LogP contribution in [0.3, 0.4) is 0 Å². The van der Waals surface area contributed by atoms with E-state index in [-0.39, 0.29) is 5.69 Å². The second kappa shape index (κ2) is 11.8. The Labute approximate surface area is 288 Å². The zero-order chi connectivity index (χ0) is 33.8. The van der Waals surface area contributed by atoms with Crippen LogP contribution in [-0.2, 0) is 14.1 Å². The van der Waals surface area contributed by atoms with E-state index >= 15 is 0 Å². The van der Waals surface area contributed by atoms with Crippen molar-refractivity contribution in [2.75, 3.05) is 0 Å². The lowest BCUT2D eigenvalue weighted by atomic mass is 9.93. The summed E-state index contributed by atoms with van der Waals surface area (Å²) in [6.07, 6.45) is 0. The summed E-state index contributed by atoms with van der Waals surface area (Å²) in [6.45, 7) is 0. The molecule has 2 aromatic heterocycles. The second-order valence-corrected chi connectivity index (χ2v) is 12.6. The maximum atomic E-state index is 12.5. The summed E-state index contributed by atoms with van der Waals surface area (Å²) < 4.78 is 3.35. The standard InChI is InChI=1S/C44H31N5O/c1-48-38-26-25-35(27-39(38)49(2)44(48)50)28-15-21-33(22-16-28)42-45-41(32-10-4-3-5-11-32)46-43(47-42)34-23-18-30(19-24-34)37-14-8-12-31-20-17-29-9-6-7-13-36(29)40(31)37/h3-27H,1-2H3. The Morgan fingerprint density at radius 1 is 0.420 bits per heavy atom. The number of aryl methyl sites for hydroxylation is 2. The first kappa shape index (κ1) is 29.5. The average molecular weight is 646 g/mol. The lowest BCUT2D eigenvalue weighted by Crippen LogP contribution is -2.19. The van der Waals surface area contributed by atoms with Gasteiger partial charge in [0.2, 0.25) is 0 Å². The molecule has 7 aromatic carbocycles. The van der Waals surface area contributed by atoms with E-state index in [1.54, 1.807) is 23.2 Å². The molecule has 0 spiro atoms. The molecule has 0 fully saturated rings.